The molecule has 1 radical (unpaired) electrons. The minimum atomic E-state index is -1.33. The van der Waals surface area contributed by atoms with Crippen molar-refractivity contribution in [3.8, 4) is 0 Å². The van der Waals surface area contributed by atoms with E-state index in [0.717, 1.165) is 4.90 Å². The van der Waals surface area contributed by atoms with E-state index in [1.165, 1.54) is 10.8 Å². The molecule has 1 aromatic carbocycles. The second kappa shape index (κ2) is 16.2. The maximum Gasteiger partial charge on any atom is 2.00 e. The second-order valence-corrected chi connectivity index (χ2v) is 2.87. The van der Waals surface area contributed by atoms with Crippen LogP contribution in [0.4, 0.5) is 4.79 Å². The van der Waals surface area contributed by atoms with Crippen molar-refractivity contribution < 1.29 is 27.0 Å². The minimum Gasteiger partial charge on any atom is -0.714 e. The number of primary amides is 1. The van der Waals surface area contributed by atoms with Crippen LogP contribution < -0.4 is 5.73 Å². The molecule has 0 heterocycles. The van der Waals surface area contributed by atoms with Crippen molar-refractivity contribution in [3.05, 3.63) is 37.3 Å². The van der Waals surface area contributed by atoms with Crippen molar-refractivity contribution in [1.29, 1.82) is 0 Å². The van der Waals surface area contributed by atoms with Gasteiger partial charge in [-0.15, -0.1) is 0 Å². The monoisotopic (exact) mass is 294 g/mol. The number of hydrogen-bond acceptors (Lipinski definition) is 3. The fourth-order valence-electron chi connectivity index (χ4n) is 0.476. The molecule has 3 nitrogen and oxygen atoms in total. The first-order valence-corrected chi connectivity index (χ1v) is 5.45. The van der Waals surface area contributed by atoms with Gasteiger partial charge >= 0.3 is 23.2 Å². The average molecular weight is 295 g/mol. The Morgan fingerprint density at radius 1 is 1.40 bits per heavy atom. The summed E-state index contributed by atoms with van der Waals surface area (Å²) in [6, 6.07) is 9.94. The first kappa shape index (κ1) is 20.2. The van der Waals surface area contributed by atoms with Crippen LogP contribution in [-0.4, -0.2) is 11.2 Å². The van der Waals surface area contributed by atoms with E-state index in [4.69, 9.17) is 21.6 Å². The van der Waals surface area contributed by atoms with Gasteiger partial charge in [0.15, 0.2) is 0 Å². The van der Waals surface area contributed by atoms with Crippen LogP contribution >= 0.6 is 10.8 Å². The van der Waals surface area contributed by atoms with E-state index >= 15 is 0 Å². The van der Waals surface area contributed by atoms with Gasteiger partial charge in [0.05, 0.1) is 0 Å². The van der Waals surface area contributed by atoms with Gasteiger partial charge in [-0.1, -0.05) is 30.3 Å². The third kappa shape index (κ3) is 19.9. The van der Waals surface area contributed by atoms with Crippen LogP contribution in [-0.2, 0) is 28.7 Å². The predicted molar refractivity (Wildman–Crippen MR) is 62.9 cm³/mol. The fourth-order valence-corrected chi connectivity index (χ4v) is 1.08. The maximum atomic E-state index is 8.78. The van der Waals surface area contributed by atoms with Gasteiger partial charge in [0.2, 0.25) is 0 Å². The number of benzene rings is 1. The fraction of sp³-hybridized carbons (Fsp3) is 0.111. The van der Waals surface area contributed by atoms with Gasteiger partial charge in [-0.25, -0.2) is 4.79 Å². The molecule has 3 N–H and O–H groups in total. The predicted octanol–water partition coefficient (Wildman–Crippen LogP) is 2.70. The smallest absolute Gasteiger partial charge is 0.714 e. The van der Waals surface area contributed by atoms with Crippen molar-refractivity contribution in [2.45, 2.75) is 11.8 Å². The maximum absolute atomic E-state index is 8.78. The molecule has 0 aromatic heterocycles. The van der Waals surface area contributed by atoms with Gasteiger partial charge < -0.3 is 29.4 Å². The number of rotatable bonds is 1. The molecule has 1 aromatic rings. The third-order valence-corrected chi connectivity index (χ3v) is 1.88. The zero-order valence-corrected chi connectivity index (χ0v) is 10.7. The van der Waals surface area contributed by atoms with Crippen molar-refractivity contribution in [1.82, 2.24) is 0 Å². The van der Waals surface area contributed by atoms with Crippen molar-refractivity contribution in [2.75, 3.05) is 0 Å². The van der Waals surface area contributed by atoms with E-state index in [1.807, 2.05) is 30.3 Å². The standard InChI is InChI=1S/C6H6S2.C2H5.CH3NO2.Cu/c7-8-6-4-2-1-3-5-6;1-2;2-1(3)4;/h1-5,7H;1H2,2H3;2H2,(H,3,4);/q;-1;;+2/p-1. The summed E-state index contributed by atoms with van der Waals surface area (Å²) in [4.78, 5) is 9.92. The van der Waals surface area contributed by atoms with Gasteiger partial charge in [0.1, 0.15) is 0 Å². The molecule has 0 fully saturated rings. The Bertz CT molecular complexity index is 231. The third-order valence-electron chi connectivity index (χ3n) is 0.839. The zero-order valence-electron chi connectivity index (χ0n) is 8.14. The van der Waals surface area contributed by atoms with Gasteiger partial charge in [-0.2, -0.15) is 6.92 Å². The molecule has 0 unspecified atom stereocenters. The van der Waals surface area contributed by atoms with E-state index in [0.29, 0.717) is 0 Å². The quantitative estimate of drug-likeness (QED) is 0.362. The molecular formula is C9H13CuNO2S2. The summed E-state index contributed by atoms with van der Waals surface area (Å²) in [6.07, 6.45) is -1.33. The molecule has 0 atom stereocenters. The molecule has 1 amide bonds. The molecule has 89 valence electrons. The summed E-state index contributed by atoms with van der Waals surface area (Å²) < 4.78 is 0. The molecule has 0 aliphatic rings. The van der Waals surface area contributed by atoms with Crippen LogP contribution in [0.2, 0.25) is 0 Å². The molecule has 0 aliphatic heterocycles. The van der Waals surface area contributed by atoms with Crippen LogP contribution in [0.1, 0.15) is 6.92 Å². The number of amides is 1. The summed E-state index contributed by atoms with van der Waals surface area (Å²) in [5, 5.41) is 7.19. The molecular weight excluding hydrogens is 282 g/mol. The van der Waals surface area contributed by atoms with Gasteiger partial charge in [-0.05, 0) is 4.90 Å². The topological polar surface area (TPSA) is 63.3 Å². The minimum absolute atomic E-state index is 0. The Balaban J connectivity index is -0.000000179. The first-order valence-electron chi connectivity index (χ1n) is 3.70. The van der Waals surface area contributed by atoms with Gasteiger partial charge in [-0.3, -0.25) is 10.8 Å². The summed E-state index contributed by atoms with van der Waals surface area (Å²) in [5.41, 5.74) is 4.03. The van der Waals surface area contributed by atoms with Crippen molar-refractivity contribution in [3.63, 3.8) is 0 Å². The van der Waals surface area contributed by atoms with Crippen molar-refractivity contribution in [2.24, 2.45) is 5.73 Å². The van der Waals surface area contributed by atoms with Gasteiger partial charge in [0, 0.05) is 0 Å². The summed E-state index contributed by atoms with van der Waals surface area (Å²) >= 11 is 4.74. The Kier molecular flexibility index (Phi) is 21.7. The molecule has 0 aliphatic carbocycles. The number of carbonyl (C=O) groups is 1. The average Bonchev–Trinajstić information content (AvgIpc) is 2.21. The summed E-state index contributed by atoms with van der Waals surface area (Å²) in [6.45, 7) is 5.00. The molecule has 0 bridgehead atoms. The molecule has 0 saturated heterocycles. The Hall–Kier alpha value is -0.291. The van der Waals surface area contributed by atoms with E-state index in [9.17, 15) is 0 Å². The molecule has 1 rings (SSSR count). The Morgan fingerprint density at radius 2 is 1.73 bits per heavy atom. The number of nitrogens with two attached hydrogens (primary N) is 1. The first-order chi connectivity index (χ1) is 6.66. The second-order valence-electron chi connectivity index (χ2n) is 1.73. The normalized spacial score (nSPS) is 6.87. The van der Waals surface area contributed by atoms with Crippen LogP contribution in [0.25, 0.3) is 0 Å². The summed E-state index contributed by atoms with van der Waals surface area (Å²) in [5.74, 6) is 0. The van der Waals surface area contributed by atoms with Crippen LogP contribution in [0.3, 0.4) is 0 Å². The number of carboxylic acid groups (broad SMARTS) is 1. The Morgan fingerprint density at radius 3 is 1.93 bits per heavy atom. The van der Waals surface area contributed by atoms with Crippen LogP contribution in [0.5, 0.6) is 0 Å². The number of hydrogen-bond donors (Lipinski definition) is 2. The Labute approximate surface area is 110 Å². The van der Waals surface area contributed by atoms with Crippen LogP contribution in [0, 0.1) is 6.92 Å². The zero-order chi connectivity index (χ0) is 11.4. The van der Waals surface area contributed by atoms with Crippen molar-refractivity contribution >= 4 is 28.5 Å². The molecule has 15 heavy (non-hydrogen) atoms. The van der Waals surface area contributed by atoms with E-state index in [2.05, 4.69) is 12.7 Å². The van der Waals surface area contributed by atoms with Crippen LogP contribution in [0.15, 0.2) is 35.2 Å². The molecule has 6 heteroatoms. The van der Waals surface area contributed by atoms with E-state index in [1.54, 1.807) is 6.92 Å². The molecule has 0 spiro atoms. The SMILES string of the molecule is NC(=O)O.[CH2-]C.[Cu+2].[S-]Sc1ccccc1. The van der Waals surface area contributed by atoms with E-state index in [-0.39, 0.29) is 17.1 Å². The largest absolute Gasteiger partial charge is 2.00 e. The summed E-state index contributed by atoms with van der Waals surface area (Å²) in [7, 11) is 1.35. The molecule has 0 saturated carbocycles. The van der Waals surface area contributed by atoms with Gasteiger partial charge in [0.25, 0.3) is 0 Å². The van der Waals surface area contributed by atoms with E-state index < -0.39 is 6.09 Å².